The molecule has 0 saturated heterocycles. The van der Waals surface area contributed by atoms with Crippen molar-refractivity contribution in [1.29, 1.82) is 0 Å². The lowest BCUT2D eigenvalue weighted by Crippen LogP contribution is -2.41. The summed E-state index contributed by atoms with van der Waals surface area (Å²) >= 11 is 0. The normalized spacial score (nSPS) is 14.2. The third kappa shape index (κ3) is 6.47. The molecule has 258 valence electrons. The summed E-state index contributed by atoms with van der Waals surface area (Å²) in [5, 5.41) is 10.8. The maximum atomic E-state index is 13.5. The summed E-state index contributed by atoms with van der Waals surface area (Å²) in [4.78, 5) is 56.5. The van der Waals surface area contributed by atoms with Crippen LogP contribution in [0.2, 0.25) is 0 Å². The molecule has 0 aliphatic carbocycles. The summed E-state index contributed by atoms with van der Waals surface area (Å²) < 4.78 is 25.9. The van der Waals surface area contributed by atoms with E-state index >= 15 is 0 Å². The van der Waals surface area contributed by atoms with Gasteiger partial charge in [0.05, 0.1) is 6.26 Å². The molecule has 11 heteroatoms. The maximum absolute atomic E-state index is 13.5. The highest BCUT2D eigenvalue weighted by atomic mass is 32.2. The van der Waals surface area contributed by atoms with Crippen molar-refractivity contribution in [2.24, 2.45) is 0 Å². The van der Waals surface area contributed by atoms with Crippen LogP contribution in [-0.2, 0) is 10.1 Å². The molecule has 10 nitrogen and oxygen atoms in total. The Bertz CT molecular complexity index is 2360. The quantitative estimate of drug-likeness (QED) is 0.0758. The fraction of sp³-hybridized carbons (Fsp3) is 0.200. The number of benzene rings is 6. The highest BCUT2D eigenvalue weighted by Crippen LogP contribution is 2.37. The van der Waals surface area contributed by atoms with Crippen LogP contribution < -0.4 is 5.32 Å². The number of carbonyl (C=O) groups excluding carboxylic acids is 4. The molecule has 6 aromatic rings. The maximum Gasteiger partial charge on any atom is 0.261 e. The number of nitrogens with zero attached hydrogens (tertiary/aromatic N) is 2. The van der Waals surface area contributed by atoms with Gasteiger partial charge in [-0.3, -0.25) is 33.5 Å². The number of imide groups is 2. The molecule has 0 saturated carbocycles. The Labute approximate surface area is 294 Å². The van der Waals surface area contributed by atoms with Crippen molar-refractivity contribution in [3.8, 4) is 0 Å². The van der Waals surface area contributed by atoms with E-state index in [9.17, 15) is 27.6 Å². The van der Waals surface area contributed by atoms with Gasteiger partial charge in [0.15, 0.2) is 0 Å². The Hall–Kier alpha value is -5.49. The highest BCUT2D eigenvalue weighted by molar-refractivity contribution is 7.85. The lowest BCUT2D eigenvalue weighted by atomic mass is 9.90. The predicted octanol–water partition coefficient (Wildman–Crippen LogP) is 6.46. The number of amides is 4. The van der Waals surface area contributed by atoms with Crippen molar-refractivity contribution in [2.45, 2.75) is 19.3 Å². The Morgan fingerprint density at radius 3 is 1.41 bits per heavy atom. The van der Waals surface area contributed by atoms with Gasteiger partial charge in [0.25, 0.3) is 33.7 Å². The molecular formula is C40H35N3O7S. The van der Waals surface area contributed by atoms with Gasteiger partial charge in [0.1, 0.15) is 0 Å². The van der Waals surface area contributed by atoms with Gasteiger partial charge in [-0.25, -0.2) is 0 Å². The number of fused-ring (bicyclic) bond motifs is 4. The van der Waals surface area contributed by atoms with Crippen LogP contribution in [0, 0.1) is 0 Å². The van der Waals surface area contributed by atoms with E-state index in [-0.39, 0.29) is 23.6 Å². The van der Waals surface area contributed by atoms with Crippen LogP contribution in [0.1, 0.15) is 60.7 Å². The number of rotatable bonds is 9. The molecule has 2 heterocycles. The van der Waals surface area contributed by atoms with Crippen LogP contribution >= 0.6 is 0 Å². The third-order valence-electron chi connectivity index (χ3n) is 9.39. The van der Waals surface area contributed by atoms with Crippen LogP contribution in [0.4, 0.5) is 0 Å². The summed E-state index contributed by atoms with van der Waals surface area (Å²) in [7, 11) is -3.67. The van der Waals surface area contributed by atoms with Gasteiger partial charge in [0, 0.05) is 46.1 Å². The predicted molar refractivity (Wildman–Crippen MR) is 198 cm³/mol. The third-order valence-corrected chi connectivity index (χ3v) is 9.39. The number of nitrogens with one attached hydrogen (secondary N) is 1. The average molecular weight is 702 g/mol. The lowest BCUT2D eigenvalue weighted by Gasteiger charge is -2.28. The van der Waals surface area contributed by atoms with Crippen molar-refractivity contribution in [1.82, 2.24) is 15.1 Å². The Kier molecular flexibility index (Phi) is 9.11. The van der Waals surface area contributed by atoms with E-state index in [2.05, 4.69) is 5.32 Å². The molecule has 0 fully saturated rings. The number of carbonyl (C=O) groups is 4. The average Bonchev–Trinajstić information content (AvgIpc) is 3.12. The van der Waals surface area contributed by atoms with Crippen molar-refractivity contribution in [2.75, 3.05) is 32.4 Å². The second-order valence-corrected chi connectivity index (χ2v) is 14.3. The van der Waals surface area contributed by atoms with E-state index in [1.165, 1.54) is 9.80 Å². The van der Waals surface area contributed by atoms with Crippen LogP contribution in [-0.4, -0.2) is 78.8 Å². The molecule has 0 bridgehead atoms. The molecular weight excluding hydrogens is 667 g/mol. The van der Waals surface area contributed by atoms with Gasteiger partial charge in [-0.2, -0.15) is 8.42 Å². The molecule has 4 amide bonds. The molecule has 6 aromatic carbocycles. The smallest absolute Gasteiger partial charge is 0.261 e. The van der Waals surface area contributed by atoms with E-state index in [4.69, 9.17) is 4.55 Å². The van der Waals surface area contributed by atoms with Crippen LogP contribution in [0.5, 0.6) is 0 Å². The minimum Gasteiger partial charge on any atom is -0.317 e. The highest BCUT2D eigenvalue weighted by Gasteiger charge is 2.34. The van der Waals surface area contributed by atoms with Crippen LogP contribution in [0.15, 0.2) is 97.1 Å². The minimum absolute atomic E-state index is 0.242. The van der Waals surface area contributed by atoms with Gasteiger partial charge < -0.3 is 5.32 Å². The fourth-order valence-electron chi connectivity index (χ4n) is 7.20. The van der Waals surface area contributed by atoms with Gasteiger partial charge in [0.2, 0.25) is 0 Å². The standard InChI is InChI=1S/C39H31N3O4.CH4O3S/c43-36-30-16-7-14-28-26-12-3-1-10-24(26)22-32(34(28)30)38(45)41(36)20-6-5-18-40-19-9-21-42-37(44)31-17-8-15-29-27-13-4-2-11-25(27)23-33(35(29)31)39(42)46;1-5(2,3)4/h1-4,7-8,10-17,22-23,40H,5-6,9,18-21H2;1H3,(H,2,3,4). The van der Waals surface area contributed by atoms with E-state index < -0.39 is 10.1 Å². The van der Waals surface area contributed by atoms with Crippen molar-refractivity contribution < 1.29 is 32.1 Å². The first-order chi connectivity index (χ1) is 24.5. The van der Waals surface area contributed by atoms with Crippen LogP contribution in [0.3, 0.4) is 0 Å². The zero-order chi connectivity index (χ0) is 35.9. The molecule has 2 N–H and O–H groups in total. The zero-order valence-corrected chi connectivity index (χ0v) is 28.7. The second-order valence-electron chi connectivity index (χ2n) is 12.8. The molecule has 0 aromatic heterocycles. The molecule has 0 spiro atoms. The molecule has 0 unspecified atom stereocenters. The zero-order valence-electron chi connectivity index (χ0n) is 27.9. The summed E-state index contributed by atoms with van der Waals surface area (Å²) in [5.41, 5.74) is 2.30. The minimum atomic E-state index is -3.67. The summed E-state index contributed by atoms with van der Waals surface area (Å²) in [6, 6.07) is 31.0. The molecule has 8 rings (SSSR count). The largest absolute Gasteiger partial charge is 0.317 e. The number of unbranched alkanes of at least 4 members (excludes halogenated alkanes) is 1. The molecule has 2 aliphatic rings. The SMILES string of the molecule is CS(=O)(=O)O.O=C1c2cccc3c2c(cc2ccccc23)C(=O)N1CCCCNCCCN1C(=O)c2cccc3c2c(cc2ccccc23)C1=O. The lowest BCUT2D eigenvalue weighted by molar-refractivity contribution is 0.0591. The van der Waals surface area contributed by atoms with Crippen molar-refractivity contribution in [3.63, 3.8) is 0 Å². The first-order valence-corrected chi connectivity index (χ1v) is 18.6. The van der Waals surface area contributed by atoms with Gasteiger partial charge in [-0.1, -0.05) is 72.8 Å². The van der Waals surface area contributed by atoms with E-state index in [1.807, 2.05) is 91.0 Å². The molecule has 0 radical (unpaired) electrons. The van der Waals surface area contributed by atoms with Gasteiger partial charge >= 0.3 is 0 Å². The Morgan fingerprint density at radius 1 is 0.529 bits per heavy atom. The fourth-order valence-corrected chi connectivity index (χ4v) is 7.20. The first kappa shape index (κ1) is 34.0. The summed E-state index contributed by atoms with van der Waals surface area (Å²) in [6.07, 6.45) is 2.78. The van der Waals surface area contributed by atoms with E-state index in [0.717, 1.165) is 49.5 Å². The monoisotopic (exact) mass is 701 g/mol. The first-order valence-electron chi connectivity index (χ1n) is 16.8. The Morgan fingerprint density at radius 2 is 0.922 bits per heavy atom. The molecule has 2 aliphatic heterocycles. The van der Waals surface area contributed by atoms with Crippen molar-refractivity contribution >= 4 is 76.8 Å². The topological polar surface area (TPSA) is 141 Å². The van der Waals surface area contributed by atoms with Gasteiger partial charge in [-0.05, 0) is 88.9 Å². The second kappa shape index (κ2) is 13.7. The molecule has 0 atom stereocenters. The number of hydrogen-bond acceptors (Lipinski definition) is 7. The van der Waals surface area contributed by atoms with Crippen molar-refractivity contribution in [3.05, 3.63) is 119 Å². The summed E-state index contributed by atoms with van der Waals surface area (Å²) in [5.74, 6) is -0.985. The van der Waals surface area contributed by atoms with E-state index in [0.29, 0.717) is 67.5 Å². The summed E-state index contributed by atoms with van der Waals surface area (Å²) in [6.45, 7) is 2.00. The Balaban J connectivity index is 0.000000761. The van der Waals surface area contributed by atoms with E-state index in [1.54, 1.807) is 6.07 Å². The number of hydrogen-bond donors (Lipinski definition) is 2. The van der Waals surface area contributed by atoms with Gasteiger partial charge in [-0.15, -0.1) is 0 Å². The molecule has 51 heavy (non-hydrogen) atoms. The van der Waals surface area contributed by atoms with Crippen LogP contribution in [0.25, 0.3) is 43.1 Å².